The third-order valence-electron chi connectivity index (χ3n) is 9.20. The van der Waals surface area contributed by atoms with Crippen LogP contribution >= 0.6 is 7.82 Å². The van der Waals surface area contributed by atoms with Crippen molar-refractivity contribution in [2.45, 2.75) is 187 Å². The predicted molar refractivity (Wildman–Crippen MR) is 216 cm³/mol. The average Bonchev–Trinajstić information content (AvgIpc) is 3.12. The number of likely N-dealkylation sites (N-methyl/N-ethyl adjacent to an activating group) is 1. The number of unbranched alkanes of at least 4 members (excludes halogenated alkanes) is 19. The summed E-state index contributed by atoms with van der Waals surface area (Å²) < 4.78 is 33.8. The molecule has 0 fully saturated rings. The molecule has 11 nitrogen and oxygen atoms in total. The molecule has 1 N–H and O–H groups in total. The normalized spacial score (nSPS) is 14.4. The predicted octanol–water partition coefficient (Wildman–Crippen LogP) is 10.4. The zero-order valence-electron chi connectivity index (χ0n) is 35.0. The van der Waals surface area contributed by atoms with Crippen molar-refractivity contribution in [3.05, 3.63) is 24.3 Å². The van der Waals surface area contributed by atoms with Crippen LogP contribution in [0, 0.1) is 0 Å². The first-order chi connectivity index (χ1) is 25.9. The van der Waals surface area contributed by atoms with E-state index in [0.717, 1.165) is 77.0 Å². The van der Waals surface area contributed by atoms with Crippen LogP contribution in [-0.4, -0.2) is 81.4 Å². The third kappa shape index (κ3) is 37.3. The highest BCUT2D eigenvalue weighted by molar-refractivity contribution is 7.45. The number of allylic oxidation sites excluding steroid dienone is 3. The maximum absolute atomic E-state index is 12.7. The Morgan fingerprint density at radius 2 is 1.20 bits per heavy atom. The average molecular weight is 790 g/mol. The van der Waals surface area contributed by atoms with E-state index < -0.39 is 32.5 Å². The lowest BCUT2D eigenvalue weighted by atomic mass is 10.0. The van der Waals surface area contributed by atoms with Crippen LogP contribution in [0.2, 0.25) is 0 Å². The van der Waals surface area contributed by atoms with Crippen LogP contribution in [0.5, 0.6) is 0 Å². The Hall–Kier alpha value is -1.59. The number of rotatable bonds is 39. The molecular weight excluding hydrogens is 709 g/mol. The molecule has 12 heteroatoms. The highest BCUT2D eigenvalue weighted by Gasteiger charge is 2.21. The molecule has 0 aromatic rings. The van der Waals surface area contributed by atoms with E-state index >= 15 is 0 Å². The molecule has 0 amide bonds. The number of ether oxygens (including phenoxy) is 2. The second-order valence-corrected chi connectivity index (χ2v) is 17.0. The quantitative estimate of drug-likeness (QED) is 0.0122. The second kappa shape index (κ2) is 35.8. The number of quaternary nitrogens is 1. The zero-order valence-corrected chi connectivity index (χ0v) is 35.9. The van der Waals surface area contributed by atoms with Gasteiger partial charge in [0.2, 0.25) is 0 Å². The summed E-state index contributed by atoms with van der Waals surface area (Å²) in [5.41, 5.74) is 0. The smallest absolute Gasteiger partial charge is 0.306 e. The first-order valence-corrected chi connectivity index (χ1v) is 22.8. The molecule has 0 aromatic carbocycles. The summed E-state index contributed by atoms with van der Waals surface area (Å²) in [6, 6.07) is 0. The summed E-state index contributed by atoms with van der Waals surface area (Å²) in [6.07, 6.45) is 32.3. The molecule has 0 aromatic heterocycles. The van der Waals surface area contributed by atoms with Crippen molar-refractivity contribution in [2.75, 3.05) is 47.5 Å². The van der Waals surface area contributed by atoms with Crippen molar-refractivity contribution in [2.24, 2.45) is 0 Å². The van der Waals surface area contributed by atoms with Gasteiger partial charge in [0, 0.05) is 12.8 Å². The number of carbonyl (C=O) groups is 2. The van der Waals surface area contributed by atoms with Gasteiger partial charge in [-0.3, -0.25) is 19.4 Å². The maximum Gasteiger partial charge on any atom is 0.306 e. The summed E-state index contributed by atoms with van der Waals surface area (Å²) in [6.45, 7) is 4.03. The Balaban J connectivity index is 4.48. The zero-order chi connectivity index (χ0) is 40.2. The van der Waals surface area contributed by atoms with Gasteiger partial charge in [-0.1, -0.05) is 154 Å². The van der Waals surface area contributed by atoms with Crippen molar-refractivity contribution >= 4 is 19.8 Å². The van der Waals surface area contributed by atoms with Gasteiger partial charge in [-0.15, -0.1) is 0 Å². The van der Waals surface area contributed by atoms with Gasteiger partial charge < -0.3 is 27.9 Å². The lowest BCUT2D eigenvalue weighted by Gasteiger charge is -2.28. The molecule has 0 aliphatic rings. The minimum absolute atomic E-state index is 0.0458. The number of esters is 2. The Bertz CT molecular complexity index is 1000. The van der Waals surface area contributed by atoms with Crippen LogP contribution in [0.4, 0.5) is 0 Å². The summed E-state index contributed by atoms with van der Waals surface area (Å²) in [4.78, 5) is 42.0. The van der Waals surface area contributed by atoms with Crippen molar-refractivity contribution in [1.82, 2.24) is 0 Å². The van der Waals surface area contributed by atoms with Crippen LogP contribution in [0.3, 0.4) is 0 Å². The van der Waals surface area contributed by atoms with Gasteiger partial charge in [0.1, 0.15) is 25.9 Å². The standard InChI is InChI=1S/C42H80NO10P/c1-6-8-10-11-12-13-14-15-16-19-22-25-29-33-41(44)49-37-40(38-51-54(47,48)50-36-35-43(3,4)5)52-42(45)34-30-26-23-20-17-18-21-24-28-32-39(53-46)31-27-9-7-2/h21,24,28,32,39-40H,6-20,22-23,25-27,29-31,33-38H2,1-5H3,(H-,46,47,48)/b24-21+,32-28+/t39-,40-/m1/s1. The molecule has 0 radical (unpaired) electrons. The maximum atomic E-state index is 12.7. The topological polar surface area (TPSA) is 141 Å². The lowest BCUT2D eigenvalue weighted by Crippen LogP contribution is -2.37. The number of phosphoric acid groups is 1. The van der Waals surface area contributed by atoms with E-state index in [1.807, 2.05) is 39.4 Å². The van der Waals surface area contributed by atoms with Gasteiger partial charge in [-0.05, 0) is 32.1 Å². The van der Waals surface area contributed by atoms with E-state index in [-0.39, 0.29) is 32.2 Å². The molecule has 0 aliphatic carbocycles. The molecule has 0 aliphatic heterocycles. The van der Waals surface area contributed by atoms with Gasteiger partial charge >= 0.3 is 11.9 Å². The molecule has 0 heterocycles. The number of hydrogen-bond donors (Lipinski definition) is 1. The molecule has 318 valence electrons. The van der Waals surface area contributed by atoms with Gasteiger partial charge in [-0.2, -0.15) is 0 Å². The lowest BCUT2D eigenvalue weighted by molar-refractivity contribution is -0.870. The van der Waals surface area contributed by atoms with Crippen LogP contribution in [0.1, 0.15) is 174 Å². The van der Waals surface area contributed by atoms with Crippen molar-refractivity contribution in [3.63, 3.8) is 0 Å². The Kier molecular flexibility index (Phi) is 34.7. The molecule has 0 bridgehead atoms. The van der Waals surface area contributed by atoms with E-state index in [2.05, 4.69) is 24.8 Å². The molecule has 0 spiro atoms. The van der Waals surface area contributed by atoms with Gasteiger partial charge in [0.25, 0.3) is 7.82 Å². The largest absolute Gasteiger partial charge is 0.756 e. The van der Waals surface area contributed by atoms with E-state index in [1.54, 1.807) is 0 Å². The van der Waals surface area contributed by atoms with E-state index in [1.165, 1.54) is 64.2 Å². The Labute approximate surface area is 329 Å². The van der Waals surface area contributed by atoms with E-state index in [9.17, 15) is 19.0 Å². The summed E-state index contributed by atoms with van der Waals surface area (Å²) in [5, 5.41) is 9.02. The molecular formula is C42H80NO10P. The molecule has 0 rings (SSSR count). The number of carbonyl (C=O) groups excluding carboxylic acids is 2. The van der Waals surface area contributed by atoms with Gasteiger partial charge in [-0.25, -0.2) is 4.89 Å². The second-order valence-electron chi connectivity index (χ2n) is 15.6. The van der Waals surface area contributed by atoms with Crippen LogP contribution in [0.15, 0.2) is 24.3 Å². The monoisotopic (exact) mass is 790 g/mol. The minimum Gasteiger partial charge on any atom is -0.756 e. The van der Waals surface area contributed by atoms with E-state index in [0.29, 0.717) is 17.4 Å². The Morgan fingerprint density at radius 1 is 0.685 bits per heavy atom. The number of phosphoric ester groups is 1. The fourth-order valence-electron chi connectivity index (χ4n) is 5.75. The van der Waals surface area contributed by atoms with Crippen LogP contribution < -0.4 is 4.89 Å². The highest BCUT2D eigenvalue weighted by atomic mass is 31.2. The first kappa shape index (κ1) is 52.4. The van der Waals surface area contributed by atoms with E-state index in [4.69, 9.17) is 23.8 Å². The first-order valence-electron chi connectivity index (χ1n) is 21.3. The molecule has 54 heavy (non-hydrogen) atoms. The van der Waals surface area contributed by atoms with Crippen LogP contribution in [-0.2, 0) is 37.6 Å². The van der Waals surface area contributed by atoms with Crippen LogP contribution in [0.25, 0.3) is 0 Å². The summed E-state index contributed by atoms with van der Waals surface area (Å²) in [5.74, 6) is -0.891. The Morgan fingerprint density at radius 3 is 1.76 bits per heavy atom. The molecule has 0 saturated carbocycles. The molecule has 3 atom stereocenters. The fraction of sp³-hybridized carbons (Fsp3) is 0.857. The highest BCUT2D eigenvalue weighted by Crippen LogP contribution is 2.38. The minimum atomic E-state index is -4.64. The molecule has 0 saturated heterocycles. The fourth-order valence-corrected chi connectivity index (χ4v) is 6.48. The summed E-state index contributed by atoms with van der Waals surface area (Å²) >= 11 is 0. The molecule has 1 unspecified atom stereocenters. The summed E-state index contributed by atoms with van der Waals surface area (Å²) in [7, 11) is 1.11. The number of hydrogen-bond acceptors (Lipinski definition) is 10. The van der Waals surface area contributed by atoms with Crippen molar-refractivity contribution in [3.8, 4) is 0 Å². The van der Waals surface area contributed by atoms with Gasteiger partial charge in [0.15, 0.2) is 6.10 Å². The van der Waals surface area contributed by atoms with Gasteiger partial charge in [0.05, 0.1) is 27.7 Å². The number of nitrogens with zero attached hydrogens (tertiary/aromatic N) is 1. The van der Waals surface area contributed by atoms with Crippen molar-refractivity contribution in [1.29, 1.82) is 0 Å². The van der Waals surface area contributed by atoms with Crippen molar-refractivity contribution < 1.29 is 52.2 Å². The SMILES string of the molecule is CCCCCCCCCCCCCCCC(=O)OC[C@H](COP(=O)([O-])OCC[N+](C)(C)C)OC(=O)CCCCCCC/C=C/C=C/[C@@H](CCCCC)OO. The third-order valence-corrected chi connectivity index (χ3v) is 10.2.